The Kier molecular flexibility index (Phi) is 8.01. The monoisotopic (exact) mass is 452 g/mol. The zero-order valence-electron chi connectivity index (χ0n) is 20.1. The molecule has 2 N–H and O–H groups in total. The van der Waals surface area contributed by atoms with Crippen LogP contribution in [-0.2, 0) is 16.0 Å². The Morgan fingerprint density at radius 2 is 1.91 bits per heavy atom. The first-order chi connectivity index (χ1) is 15.7. The van der Waals surface area contributed by atoms with Gasteiger partial charge in [-0.25, -0.2) is 4.79 Å². The second-order valence-electron chi connectivity index (χ2n) is 9.64. The van der Waals surface area contributed by atoms with Crippen molar-refractivity contribution >= 4 is 17.6 Å². The molecule has 0 aliphatic carbocycles. The van der Waals surface area contributed by atoms with Crippen molar-refractivity contribution in [2.24, 2.45) is 5.92 Å². The summed E-state index contributed by atoms with van der Waals surface area (Å²) < 4.78 is 5.68. The highest BCUT2D eigenvalue weighted by Crippen LogP contribution is 2.28. The number of anilines is 1. The van der Waals surface area contributed by atoms with Gasteiger partial charge in [-0.3, -0.25) is 4.79 Å². The Morgan fingerprint density at radius 3 is 2.58 bits per heavy atom. The number of amides is 1. The van der Waals surface area contributed by atoms with Crippen LogP contribution in [0.5, 0.6) is 5.75 Å². The maximum atomic E-state index is 12.8. The smallest absolute Gasteiger partial charge is 0.347 e. The number of hydrogen-bond donors (Lipinski definition) is 2. The lowest BCUT2D eigenvalue weighted by Gasteiger charge is -2.34. The molecule has 1 aliphatic heterocycles. The molecule has 0 radical (unpaired) electrons. The quantitative estimate of drug-likeness (QED) is 0.580. The van der Waals surface area contributed by atoms with Crippen molar-refractivity contribution in [1.29, 1.82) is 0 Å². The van der Waals surface area contributed by atoms with Gasteiger partial charge in [-0.15, -0.1) is 0 Å². The molecule has 1 atom stereocenters. The molecule has 1 aliphatic rings. The lowest BCUT2D eigenvalue weighted by Crippen LogP contribution is -2.43. The SMILES string of the molecule is CC(C)c1ccc(CCNC(=O)C2CCCN(c3cccc(OC(C)(C)C(=O)O)c3)C2)cc1. The van der Waals surface area contributed by atoms with Crippen molar-refractivity contribution < 1.29 is 19.4 Å². The van der Waals surface area contributed by atoms with E-state index in [-0.39, 0.29) is 11.8 Å². The number of carbonyl (C=O) groups excluding carboxylic acids is 1. The van der Waals surface area contributed by atoms with E-state index in [9.17, 15) is 14.7 Å². The zero-order valence-corrected chi connectivity index (χ0v) is 20.1. The largest absolute Gasteiger partial charge is 0.478 e. The van der Waals surface area contributed by atoms with Crippen LogP contribution >= 0.6 is 0 Å². The number of benzene rings is 2. The number of hydrogen-bond acceptors (Lipinski definition) is 4. The summed E-state index contributed by atoms with van der Waals surface area (Å²) in [4.78, 5) is 26.4. The third kappa shape index (κ3) is 6.73. The normalized spacial score (nSPS) is 16.5. The van der Waals surface area contributed by atoms with Crippen LogP contribution in [0.25, 0.3) is 0 Å². The fourth-order valence-electron chi connectivity index (χ4n) is 4.05. The minimum absolute atomic E-state index is 0.0675. The van der Waals surface area contributed by atoms with Gasteiger partial charge in [0.1, 0.15) is 5.75 Å². The van der Waals surface area contributed by atoms with Gasteiger partial charge in [0.15, 0.2) is 5.60 Å². The number of carboxylic acids is 1. The van der Waals surface area contributed by atoms with Gasteiger partial charge in [0.25, 0.3) is 0 Å². The van der Waals surface area contributed by atoms with Gasteiger partial charge in [-0.2, -0.15) is 0 Å². The second-order valence-corrected chi connectivity index (χ2v) is 9.64. The zero-order chi connectivity index (χ0) is 24.0. The molecule has 1 amide bonds. The first kappa shape index (κ1) is 24.6. The Hall–Kier alpha value is -3.02. The maximum Gasteiger partial charge on any atom is 0.347 e. The number of carbonyl (C=O) groups is 2. The molecule has 1 heterocycles. The van der Waals surface area contributed by atoms with Crippen molar-refractivity contribution in [2.45, 2.75) is 58.5 Å². The van der Waals surface area contributed by atoms with E-state index in [1.54, 1.807) is 6.07 Å². The van der Waals surface area contributed by atoms with Crippen molar-refractivity contribution in [2.75, 3.05) is 24.5 Å². The molecule has 1 unspecified atom stereocenters. The highest BCUT2D eigenvalue weighted by atomic mass is 16.5. The van der Waals surface area contributed by atoms with E-state index in [0.717, 1.165) is 31.5 Å². The number of aliphatic carboxylic acids is 1. The Morgan fingerprint density at radius 1 is 1.18 bits per heavy atom. The summed E-state index contributed by atoms with van der Waals surface area (Å²) in [5.74, 6) is 0.0392. The van der Waals surface area contributed by atoms with Crippen LogP contribution in [0.2, 0.25) is 0 Å². The van der Waals surface area contributed by atoms with Gasteiger partial charge < -0.3 is 20.1 Å². The van der Waals surface area contributed by atoms with Crippen molar-refractivity contribution in [3.8, 4) is 5.75 Å². The first-order valence-corrected chi connectivity index (χ1v) is 11.8. The van der Waals surface area contributed by atoms with Crippen LogP contribution in [-0.4, -0.2) is 42.2 Å². The van der Waals surface area contributed by atoms with Gasteiger partial charge in [0.2, 0.25) is 5.91 Å². The highest BCUT2D eigenvalue weighted by molar-refractivity contribution is 5.79. The minimum atomic E-state index is -1.31. The van der Waals surface area contributed by atoms with Gasteiger partial charge in [0, 0.05) is 31.4 Å². The Balaban J connectivity index is 1.54. The van der Waals surface area contributed by atoms with E-state index >= 15 is 0 Å². The standard InChI is InChI=1S/C27H36N2O4/c1-19(2)21-12-10-20(11-13-21)14-15-28-25(30)22-7-6-16-29(18-22)23-8-5-9-24(17-23)33-27(3,4)26(31)32/h5,8-13,17,19,22H,6-7,14-16,18H2,1-4H3,(H,28,30)(H,31,32). The van der Waals surface area contributed by atoms with Gasteiger partial charge >= 0.3 is 5.97 Å². The fraction of sp³-hybridized carbons (Fsp3) is 0.481. The summed E-state index contributed by atoms with van der Waals surface area (Å²) in [5, 5.41) is 12.4. The summed E-state index contributed by atoms with van der Waals surface area (Å²) in [5.41, 5.74) is 2.19. The molecule has 0 bridgehead atoms. The molecule has 2 aromatic rings. The van der Waals surface area contributed by atoms with Crippen LogP contribution in [0, 0.1) is 5.92 Å². The number of nitrogens with one attached hydrogen (secondary N) is 1. The number of rotatable bonds is 9. The molecule has 0 spiro atoms. The topological polar surface area (TPSA) is 78.9 Å². The average molecular weight is 453 g/mol. The van der Waals surface area contributed by atoms with Crippen LogP contribution in [0.3, 0.4) is 0 Å². The minimum Gasteiger partial charge on any atom is -0.478 e. The van der Waals surface area contributed by atoms with Crippen molar-refractivity contribution in [3.63, 3.8) is 0 Å². The molecule has 33 heavy (non-hydrogen) atoms. The molecule has 0 saturated carbocycles. The lowest BCUT2D eigenvalue weighted by atomic mass is 9.96. The first-order valence-electron chi connectivity index (χ1n) is 11.8. The second kappa shape index (κ2) is 10.7. The van der Waals surface area contributed by atoms with E-state index in [1.165, 1.54) is 25.0 Å². The molecule has 3 rings (SSSR count). The summed E-state index contributed by atoms with van der Waals surface area (Å²) in [7, 11) is 0. The predicted octanol–water partition coefficient (Wildman–Crippen LogP) is 4.63. The molecule has 178 valence electrons. The molecule has 1 fully saturated rings. The molecule has 6 heteroatoms. The summed E-state index contributed by atoms with van der Waals surface area (Å²) in [6, 6.07) is 16.1. The Labute approximate surface area is 196 Å². The maximum absolute atomic E-state index is 12.8. The van der Waals surface area contributed by atoms with Gasteiger partial charge in [-0.05, 0) is 62.3 Å². The Bertz CT molecular complexity index is 953. The molecule has 6 nitrogen and oxygen atoms in total. The van der Waals surface area contributed by atoms with E-state index < -0.39 is 11.6 Å². The van der Waals surface area contributed by atoms with Crippen LogP contribution in [0.1, 0.15) is 57.6 Å². The fourth-order valence-corrected chi connectivity index (χ4v) is 4.05. The van der Waals surface area contributed by atoms with Crippen molar-refractivity contribution in [1.82, 2.24) is 5.32 Å². The van der Waals surface area contributed by atoms with Gasteiger partial charge in [-0.1, -0.05) is 44.2 Å². The highest BCUT2D eigenvalue weighted by Gasteiger charge is 2.30. The summed E-state index contributed by atoms with van der Waals surface area (Å²) in [6.45, 7) is 9.55. The number of nitrogens with zero attached hydrogens (tertiary/aromatic N) is 1. The molecular formula is C27H36N2O4. The van der Waals surface area contributed by atoms with Crippen LogP contribution < -0.4 is 15.0 Å². The molecule has 2 aromatic carbocycles. The van der Waals surface area contributed by atoms with E-state index in [2.05, 4.69) is 48.3 Å². The number of ether oxygens (including phenoxy) is 1. The lowest BCUT2D eigenvalue weighted by molar-refractivity contribution is -0.152. The van der Waals surface area contributed by atoms with Crippen molar-refractivity contribution in [3.05, 3.63) is 59.7 Å². The number of piperidine rings is 1. The van der Waals surface area contributed by atoms with Gasteiger partial charge in [0.05, 0.1) is 5.92 Å². The molecule has 0 aromatic heterocycles. The van der Waals surface area contributed by atoms with Crippen LogP contribution in [0.15, 0.2) is 48.5 Å². The predicted molar refractivity (Wildman–Crippen MR) is 131 cm³/mol. The van der Waals surface area contributed by atoms with E-state index in [4.69, 9.17) is 4.74 Å². The summed E-state index contributed by atoms with van der Waals surface area (Å²) >= 11 is 0. The third-order valence-electron chi connectivity index (χ3n) is 6.22. The molecular weight excluding hydrogens is 416 g/mol. The summed E-state index contributed by atoms with van der Waals surface area (Å²) in [6.07, 6.45) is 2.62. The average Bonchev–Trinajstić information content (AvgIpc) is 2.79. The molecule has 1 saturated heterocycles. The third-order valence-corrected chi connectivity index (χ3v) is 6.22. The number of carboxylic acid groups (broad SMARTS) is 1. The van der Waals surface area contributed by atoms with E-state index in [1.807, 2.05) is 18.2 Å². The van der Waals surface area contributed by atoms with Crippen LogP contribution in [0.4, 0.5) is 5.69 Å². The van der Waals surface area contributed by atoms with E-state index in [0.29, 0.717) is 24.8 Å².